The molecule has 0 bridgehead atoms. The lowest BCUT2D eigenvalue weighted by atomic mass is 9.98. The summed E-state index contributed by atoms with van der Waals surface area (Å²) in [5.74, 6) is -2.00. The molecule has 8 atom stereocenters. The van der Waals surface area contributed by atoms with E-state index in [1.807, 2.05) is 4.98 Å². The molecule has 1 aliphatic carbocycles. The van der Waals surface area contributed by atoms with Crippen molar-refractivity contribution in [2.24, 2.45) is 5.73 Å². The number of primary amides is 1. The molecule has 0 radical (unpaired) electrons. The van der Waals surface area contributed by atoms with Crippen LogP contribution in [0.5, 0.6) is 0 Å². The van der Waals surface area contributed by atoms with Gasteiger partial charge in [-0.3, -0.25) is 23.9 Å². The Morgan fingerprint density at radius 2 is 1.64 bits per heavy atom. The van der Waals surface area contributed by atoms with Crippen molar-refractivity contribution in [2.45, 2.75) is 126 Å². The lowest BCUT2D eigenvalue weighted by Gasteiger charge is -2.35. The average molecular weight is 625 g/mol. The number of hydrogen-bond acceptors (Lipinski definition) is 11. The second kappa shape index (κ2) is 15.8. The Balaban J connectivity index is 1.46. The minimum atomic E-state index is -1.74. The first kappa shape index (κ1) is 33.8. The van der Waals surface area contributed by atoms with Gasteiger partial charge in [-0.1, -0.05) is 57.8 Å². The zero-order valence-corrected chi connectivity index (χ0v) is 24.8. The summed E-state index contributed by atoms with van der Waals surface area (Å²) in [4.78, 5) is 51.7. The largest absolute Gasteiger partial charge is 0.456 e. The minimum absolute atomic E-state index is 0.0998. The normalized spacial score (nSPS) is 31.5. The van der Waals surface area contributed by atoms with Gasteiger partial charge in [0.05, 0.1) is 0 Å². The van der Waals surface area contributed by atoms with Gasteiger partial charge in [-0.25, -0.2) is 4.79 Å². The summed E-state index contributed by atoms with van der Waals surface area (Å²) in [6.45, 7) is 0. The summed E-state index contributed by atoms with van der Waals surface area (Å²) in [6, 6.07) is 0.945. The Morgan fingerprint density at radius 3 is 2.20 bits per heavy atom. The number of aliphatic hydroxyl groups excluding tert-OH is 3. The summed E-state index contributed by atoms with van der Waals surface area (Å²) in [7, 11) is 1.23. The summed E-state index contributed by atoms with van der Waals surface area (Å²) in [6.07, 6.45) is 1.49. The number of carbonyl (C=O) groups is 2. The van der Waals surface area contributed by atoms with Crippen molar-refractivity contribution in [2.75, 3.05) is 7.11 Å². The average Bonchev–Trinajstić information content (AvgIpc) is 3.29. The Hall–Kier alpha value is -3.08. The van der Waals surface area contributed by atoms with E-state index in [9.17, 15) is 34.5 Å². The van der Waals surface area contributed by atoms with Crippen LogP contribution >= 0.6 is 0 Å². The van der Waals surface area contributed by atoms with Gasteiger partial charge in [0, 0.05) is 25.4 Å². The molecule has 15 nitrogen and oxygen atoms in total. The summed E-state index contributed by atoms with van der Waals surface area (Å²) in [5.41, 5.74) is 4.06. The number of rotatable bonds is 8. The number of H-pyrrole nitrogens is 1. The molecule has 1 saturated heterocycles. The number of nitrogens with one attached hydrogen (secondary N) is 2. The van der Waals surface area contributed by atoms with Gasteiger partial charge >= 0.3 is 5.69 Å². The summed E-state index contributed by atoms with van der Waals surface area (Å²) < 4.78 is 23.4. The van der Waals surface area contributed by atoms with Crippen molar-refractivity contribution in [3.63, 3.8) is 0 Å². The Kier molecular flexibility index (Phi) is 12.1. The lowest BCUT2D eigenvalue weighted by molar-refractivity contribution is -0.241. The fraction of sp³-hybridized carbons (Fsp3) is 0.724. The molecule has 44 heavy (non-hydrogen) atoms. The first-order valence-corrected chi connectivity index (χ1v) is 15.3. The summed E-state index contributed by atoms with van der Waals surface area (Å²) >= 11 is 0. The van der Waals surface area contributed by atoms with Crippen molar-refractivity contribution in [3.8, 4) is 0 Å². The van der Waals surface area contributed by atoms with E-state index in [0.29, 0.717) is 0 Å². The standard InChI is InChI=1S/C29H44N4O11/c1-41-22-21(37)27(33-14-13-19(35)32-29(33)40)43-23(22)24(25(30)38)44-28-20(36)17(34)15-18(42-28)26(39)31-16-11-9-7-5-3-2-4-6-8-10-12-16/h13-17,20-24,27-28,34,36-37H,2-12H2,1H3,(H2,30,38)(H,31,39)(H,32,35,40)/t17-,20-,21+,22-,23-,24+,27+,28+/m0/s1. The first-order valence-electron chi connectivity index (χ1n) is 15.3. The highest BCUT2D eigenvalue weighted by molar-refractivity contribution is 5.92. The van der Waals surface area contributed by atoms with Gasteiger partial charge in [-0.15, -0.1) is 0 Å². The SMILES string of the molecule is CO[C@H]1[C@@H](O)[C@H](n2ccc(=O)[nH]c2=O)O[C@@H]1[C@@H](O[C@H]1OC(C(=O)NC2CCCCCCCCCCC2)=C[C@H](O)[C@@H]1O)C(N)=O. The highest BCUT2D eigenvalue weighted by Crippen LogP contribution is 2.34. The van der Waals surface area contributed by atoms with Gasteiger partial charge in [0.25, 0.3) is 11.5 Å². The third kappa shape index (κ3) is 8.34. The van der Waals surface area contributed by atoms with E-state index in [0.717, 1.165) is 74.3 Å². The monoisotopic (exact) mass is 624 g/mol. The topological polar surface area (TPSA) is 225 Å². The van der Waals surface area contributed by atoms with E-state index in [1.165, 1.54) is 26.4 Å². The van der Waals surface area contributed by atoms with Crippen LogP contribution in [0.2, 0.25) is 0 Å². The molecule has 3 aliphatic rings. The van der Waals surface area contributed by atoms with Crippen molar-refractivity contribution in [1.82, 2.24) is 14.9 Å². The molecule has 1 aromatic rings. The van der Waals surface area contributed by atoms with Gasteiger partial charge in [-0.2, -0.15) is 0 Å². The summed E-state index contributed by atoms with van der Waals surface area (Å²) in [5, 5.41) is 35.0. The molecule has 1 saturated carbocycles. The molecule has 2 amide bonds. The molecule has 1 aromatic heterocycles. The molecule has 246 valence electrons. The lowest BCUT2D eigenvalue weighted by Crippen LogP contribution is -2.54. The van der Waals surface area contributed by atoms with E-state index < -0.39 is 72.2 Å². The number of aromatic nitrogens is 2. The van der Waals surface area contributed by atoms with Crippen LogP contribution in [-0.4, -0.2) is 92.8 Å². The fourth-order valence-electron chi connectivity index (χ4n) is 5.95. The number of nitrogens with two attached hydrogens (primary N) is 1. The van der Waals surface area contributed by atoms with Crippen LogP contribution in [0, 0.1) is 0 Å². The van der Waals surface area contributed by atoms with E-state index >= 15 is 0 Å². The molecule has 2 fully saturated rings. The number of aromatic amines is 1. The molecule has 0 aromatic carbocycles. The zero-order valence-electron chi connectivity index (χ0n) is 24.8. The maximum absolute atomic E-state index is 13.2. The predicted molar refractivity (Wildman–Crippen MR) is 154 cm³/mol. The predicted octanol–water partition coefficient (Wildman–Crippen LogP) is -0.568. The van der Waals surface area contributed by atoms with Gasteiger partial charge in [0.15, 0.2) is 18.1 Å². The number of methoxy groups -OCH3 is 1. The molecule has 0 unspecified atom stereocenters. The molecule has 15 heteroatoms. The smallest absolute Gasteiger partial charge is 0.330 e. The zero-order chi connectivity index (χ0) is 31.8. The Labute approximate surface area is 254 Å². The number of carbonyl (C=O) groups excluding carboxylic acids is 2. The van der Waals surface area contributed by atoms with Crippen molar-refractivity contribution in [1.29, 1.82) is 0 Å². The van der Waals surface area contributed by atoms with Crippen LogP contribution in [0.4, 0.5) is 0 Å². The quantitative estimate of drug-likeness (QED) is 0.215. The molecule has 4 rings (SSSR count). The van der Waals surface area contributed by atoms with E-state index in [2.05, 4.69) is 5.32 Å². The molecule has 0 spiro atoms. The van der Waals surface area contributed by atoms with Gasteiger partial charge < -0.3 is 45.3 Å². The highest BCUT2D eigenvalue weighted by atomic mass is 16.7. The Bertz CT molecular complexity index is 1250. The molecule has 7 N–H and O–H groups in total. The third-order valence-corrected chi connectivity index (χ3v) is 8.36. The number of nitrogens with zero attached hydrogens (tertiary/aromatic N) is 1. The van der Waals surface area contributed by atoms with E-state index in [1.54, 1.807) is 0 Å². The van der Waals surface area contributed by atoms with E-state index in [4.69, 9.17) is 24.7 Å². The number of hydrogen-bond donors (Lipinski definition) is 6. The van der Waals surface area contributed by atoms with Gasteiger partial charge in [-0.05, 0) is 18.9 Å². The van der Waals surface area contributed by atoms with Crippen LogP contribution in [0.25, 0.3) is 0 Å². The fourth-order valence-corrected chi connectivity index (χ4v) is 5.95. The van der Waals surface area contributed by atoms with Crippen LogP contribution in [-0.2, 0) is 28.5 Å². The molecule has 3 heterocycles. The number of aliphatic hydroxyl groups is 3. The van der Waals surface area contributed by atoms with Crippen LogP contribution < -0.4 is 22.3 Å². The Morgan fingerprint density at radius 1 is 1.02 bits per heavy atom. The van der Waals surface area contributed by atoms with Gasteiger partial charge in [0.2, 0.25) is 12.2 Å². The van der Waals surface area contributed by atoms with Crippen LogP contribution in [0.15, 0.2) is 33.7 Å². The van der Waals surface area contributed by atoms with Crippen LogP contribution in [0.1, 0.15) is 76.9 Å². The number of ether oxygens (including phenoxy) is 4. The minimum Gasteiger partial charge on any atom is -0.456 e. The number of amides is 2. The third-order valence-electron chi connectivity index (χ3n) is 8.36. The van der Waals surface area contributed by atoms with Crippen molar-refractivity contribution in [3.05, 3.63) is 44.9 Å². The first-order chi connectivity index (χ1) is 21.1. The second-order valence-corrected chi connectivity index (χ2v) is 11.6. The maximum Gasteiger partial charge on any atom is 0.330 e. The maximum atomic E-state index is 13.2. The highest BCUT2D eigenvalue weighted by Gasteiger charge is 2.52. The molecule has 2 aliphatic heterocycles. The van der Waals surface area contributed by atoms with Crippen molar-refractivity contribution < 1.29 is 43.9 Å². The molecular formula is C29H44N4O11. The molecular weight excluding hydrogens is 580 g/mol. The second-order valence-electron chi connectivity index (χ2n) is 11.6. The van der Waals surface area contributed by atoms with Gasteiger partial charge in [0.1, 0.15) is 30.5 Å². The van der Waals surface area contributed by atoms with Crippen LogP contribution in [0.3, 0.4) is 0 Å². The van der Waals surface area contributed by atoms with Crippen molar-refractivity contribution >= 4 is 11.8 Å². The van der Waals surface area contributed by atoms with E-state index in [-0.39, 0.29) is 11.8 Å².